The maximum absolute atomic E-state index is 13.9. The number of anilines is 2. The van der Waals surface area contributed by atoms with Gasteiger partial charge in [-0.2, -0.15) is 0 Å². The number of nitrogens with zero attached hydrogens (tertiary/aromatic N) is 3. The Morgan fingerprint density at radius 1 is 1.06 bits per heavy atom. The van der Waals surface area contributed by atoms with Crippen molar-refractivity contribution in [2.75, 3.05) is 35.4 Å². The monoisotopic (exact) mass is 515 g/mol. The molecule has 0 aromatic heterocycles. The Morgan fingerprint density at radius 2 is 1.72 bits per heavy atom. The van der Waals surface area contributed by atoms with Crippen molar-refractivity contribution in [1.29, 1.82) is 0 Å². The van der Waals surface area contributed by atoms with Crippen LogP contribution in [0.1, 0.15) is 57.3 Å². The number of sulfonamides is 1. The second-order valence-electron chi connectivity index (χ2n) is 10.2. The first kappa shape index (κ1) is 26.3. The zero-order chi connectivity index (χ0) is 26.0. The fraction of sp³-hybridized carbons (Fsp3) is 0.519. The third kappa shape index (κ3) is 5.32. The van der Waals surface area contributed by atoms with Crippen molar-refractivity contribution < 1.29 is 23.4 Å². The van der Waals surface area contributed by atoms with E-state index in [-0.39, 0.29) is 16.9 Å². The smallest absolute Gasteiger partial charge is 0.407 e. The molecule has 1 saturated heterocycles. The molecule has 0 radical (unpaired) electrons. The van der Waals surface area contributed by atoms with E-state index in [0.29, 0.717) is 56.7 Å². The van der Waals surface area contributed by atoms with Gasteiger partial charge in [0, 0.05) is 43.5 Å². The second-order valence-corrected chi connectivity index (χ2v) is 12.0. The van der Waals surface area contributed by atoms with Gasteiger partial charge < -0.3 is 20.0 Å². The molecule has 0 saturated carbocycles. The molecule has 9 heteroatoms. The third-order valence-corrected chi connectivity index (χ3v) is 9.03. The lowest BCUT2D eigenvalue weighted by atomic mass is 9.94. The lowest BCUT2D eigenvalue weighted by Gasteiger charge is -2.43. The predicted molar refractivity (Wildman–Crippen MR) is 141 cm³/mol. The molecule has 4 rings (SSSR count). The molecule has 36 heavy (non-hydrogen) atoms. The quantitative estimate of drug-likeness (QED) is 0.564. The number of piperidine rings is 1. The summed E-state index contributed by atoms with van der Waals surface area (Å²) < 4.78 is 29.2. The summed E-state index contributed by atoms with van der Waals surface area (Å²) in [7, 11) is -3.85. The third-order valence-electron chi connectivity index (χ3n) is 7.24. The van der Waals surface area contributed by atoms with E-state index >= 15 is 0 Å². The number of amides is 1. The average molecular weight is 516 g/mol. The van der Waals surface area contributed by atoms with Gasteiger partial charge in [-0.15, -0.1) is 0 Å². The number of fused-ring (bicyclic) bond motifs is 1. The average Bonchev–Trinajstić information content (AvgIpc) is 2.87. The molecule has 0 spiro atoms. The predicted octanol–water partition coefficient (Wildman–Crippen LogP) is 4.49. The highest BCUT2D eigenvalue weighted by atomic mass is 32.2. The van der Waals surface area contributed by atoms with E-state index in [4.69, 9.17) is 0 Å². The molecule has 1 amide bonds. The van der Waals surface area contributed by atoms with Crippen molar-refractivity contribution in [3.05, 3.63) is 53.6 Å². The van der Waals surface area contributed by atoms with Gasteiger partial charge in [-0.1, -0.05) is 32.9 Å². The summed E-state index contributed by atoms with van der Waals surface area (Å²) in [4.78, 5) is 15.1. The molecule has 0 bridgehead atoms. The Bertz CT molecular complexity index is 1170. The highest BCUT2D eigenvalue weighted by Crippen LogP contribution is 2.39. The van der Waals surface area contributed by atoms with E-state index in [1.165, 1.54) is 9.21 Å². The maximum atomic E-state index is 13.9. The molecular formula is C27H37N3O5S. The van der Waals surface area contributed by atoms with Crippen LogP contribution in [0, 0.1) is 5.92 Å². The van der Waals surface area contributed by atoms with E-state index in [1.807, 2.05) is 44.2 Å². The summed E-state index contributed by atoms with van der Waals surface area (Å²) in [5.41, 5.74) is 3.23. The van der Waals surface area contributed by atoms with Crippen LogP contribution in [0.3, 0.4) is 0 Å². The first-order valence-electron chi connectivity index (χ1n) is 12.8. The zero-order valence-electron chi connectivity index (χ0n) is 21.3. The lowest BCUT2D eigenvalue weighted by Crippen LogP contribution is -2.48. The Balaban J connectivity index is 1.65. The lowest BCUT2D eigenvalue weighted by molar-refractivity contribution is 0.129. The van der Waals surface area contributed by atoms with Crippen molar-refractivity contribution in [2.24, 2.45) is 5.92 Å². The molecule has 2 aliphatic rings. The Kier molecular flexibility index (Phi) is 7.80. The summed E-state index contributed by atoms with van der Waals surface area (Å²) >= 11 is 0. The molecule has 2 aromatic rings. The van der Waals surface area contributed by atoms with Gasteiger partial charge in [0.1, 0.15) is 0 Å². The van der Waals surface area contributed by atoms with Crippen molar-refractivity contribution >= 4 is 27.5 Å². The van der Waals surface area contributed by atoms with E-state index in [1.54, 1.807) is 12.1 Å². The normalized spacial score (nSPS) is 18.9. The fourth-order valence-corrected chi connectivity index (χ4v) is 6.87. The molecule has 196 valence electrons. The van der Waals surface area contributed by atoms with Crippen LogP contribution in [-0.2, 0) is 16.4 Å². The number of likely N-dealkylation sites (tertiary alicyclic amines) is 1. The van der Waals surface area contributed by atoms with Crippen molar-refractivity contribution in [3.8, 4) is 0 Å². The molecule has 8 nitrogen and oxygen atoms in total. The van der Waals surface area contributed by atoms with E-state index in [9.17, 15) is 23.4 Å². The minimum absolute atomic E-state index is 0.126. The summed E-state index contributed by atoms with van der Waals surface area (Å²) in [5.74, 6) is 0.126. The Labute approximate surface area is 214 Å². The molecule has 1 fully saturated rings. The minimum atomic E-state index is -3.85. The van der Waals surface area contributed by atoms with Gasteiger partial charge in [-0.05, 0) is 67.5 Å². The molecule has 2 aromatic carbocycles. The van der Waals surface area contributed by atoms with Gasteiger partial charge in [0.05, 0.1) is 16.7 Å². The second kappa shape index (κ2) is 10.7. The van der Waals surface area contributed by atoms with Crippen molar-refractivity contribution in [1.82, 2.24) is 4.90 Å². The summed E-state index contributed by atoms with van der Waals surface area (Å²) in [6, 6.07) is 12.9. The van der Waals surface area contributed by atoms with E-state index in [2.05, 4.69) is 11.8 Å². The van der Waals surface area contributed by atoms with Gasteiger partial charge in [0.2, 0.25) is 0 Å². The van der Waals surface area contributed by atoms with Crippen LogP contribution in [0.4, 0.5) is 16.2 Å². The number of carboxylic acid groups (broad SMARTS) is 1. The summed E-state index contributed by atoms with van der Waals surface area (Å²) in [6.07, 6.45) is 1.16. The van der Waals surface area contributed by atoms with E-state index < -0.39 is 22.2 Å². The largest absolute Gasteiger partial charge is 0.465 e. The number of hydrogen-bond acceptors (Lipinski definition) is 5. The Morgan fingerprint density at radius 3 is 2.31 bits per heavy atom. The van der Waals surface area contributed by atoms with Crippen LogP contribution in [0.5, 0.6) is 0 Å². The molecule has 1 atom stereocenters. The number of rotatable bonds is 7. The molecule has 1 unspecified atom stereocenters. The van der Waals surface area contributed by atoms with Crippen LogP contribution < -0.4 is 9.21 Å². The van der Waals surface area contributed by atoms with Crippen molar-refractivity contribution in [3.63, 3.8) is 0 Å². The van der Waals surface area contributed by atoms with E-state index in [0.717, 1.165) is 17.7 Å². The summed E-state index contributed by atoms with van der Waals surface area (Å²) in [6.45, 7) is 8.00. The topological polar surface area (TPSA) is 101 Å². The van der Waals surface area contributed by atoms with Crippen LogP contribution in [0.2, 0.25) is 0 Å². The minimum Gasteiger partial charge on any atom is -0.465 e. The van der Waals surface area contributed by atoms with Crippen LogP contribution in [-0.4, -0.2) is 61.8 Å². The number of benzene rings is 2. The molecule has 0 aliphatic carbocycles. The van der Waals surface area contributed by atoms with Crippen LogP contribution >= 0.6 is 0 Å². The molecule has 2 aliphatic heterocycles. The number of carbonyl (C=O) groups is 1. The molecular weight excluding hydrogens is 478 g/mol. The molecule has 2 N–H and O–H groups in total. The van der Waals surface area contributed by atoms with Gasteiger partial charge in [-0.3, -0.25) is 4.31 Å². The fourth-order valence-electron chi connectivity index (χ4n) is 5.21. The first-order chi connectivity index (χ1) is 17.1. The highest BCUT2D eigenvalue weighted by molar-refractivity contribution is 7.92. The number of aliphatic hydroxyl groups is 1. The van der Waals surface area contributed by atoms with Crippen LogP contribution in [0.25, 0.3) is 0 Å². The highest BCUT2D eigenvalue weighted by Gasteiger charge is 2.34. The molecule has 2 heterocycles. The van der Waals surface area contributed by atoms with Crippen LogP contribution in [0.15, 0.2) is 47.4 Å². The van der Waals surface area contributed by atoms with Gasteiger partial charge in [0.25, 0.3) is 10.0 Å². The standard InChI is InChI=1S/C27H37N3O5S/c1-4-20-5-7-22(8-6-20)30(18-19(2)3)36(34,35)23-9-10-25-24(17-23)26(31)13-16-29(25)21-11-14-28(15-12-21)27(32)33/h5-10,17,19,21,26,31H,4,11-16,18H2,1-3H3,(H,32,33). The maximum Gasteiger partial charge on any atom is 0.407 e. The number of hydrogen-bond donors (Lipinski definition) is 2. The Hall–Kier alpha value is -2.78. The van der Waals surface area contributed by atoms with Crippen molar-refractivity contribution in [2.45, 2.75) is 63.5 Å². The number of aryl methyl sites for hydroxylation is 1. The van der Waals surface area contributed by atoms with Gasteiger partial charge in [0.15, 0.2) is 0 Å². The van der Waals surface area contributed by atoms with Gasteiger partial charge in [-0.25, -0.2) is 13.2 Å². The first-order valence-corrected chi connectivity index (χ1v) is 14.2. The van der Waals surface area contributed by atoms with Gasteiger partial charge >= 0.3 is 6.09 Å². The summed E-state index contributed by atoms with van der Waals surface area (Å²) in [5, 5.41) is 20.1. The SMILES string of the molecule is CCc1ccc(N(CC(C)C)S(=O)(=O)c2ccc3c(c2)C(O)CCN3C2CCN(C(=O)O)CC2)cc1. The zero-order valence-corrected chi connectivity index (χ0v) is 22.1. The number of aliphatic hydroxyl groups excluding tert-OH is 1.